The second kappa shape index (κ2) is 6.32. The minimum Gasteiger partial charge on any atom is -0.411 e. The molecule has 1 aromatic carbocycles. The summed E-state index contributed by atoms with van der Waals surface area (Å²) in [6.45, 7) is 6.47. The lowest BCUT2D eigenvalue weighted by atomic mass is 10.1. The number of hydrogen-bond acceptors (Lipinski definition) is 4. The molecule has 120 valence electrons. The van der Waals surface area contributed by atoms with Crippen LogP contribution in [0.25, 0.3) is 0 Å². The Morgan fingerprint density at radius 1 is 1.18 bits per heavy atom. The molecule has 0 radical (unpaired) electrons. The van der Waals surface area contributed by atoms with Gasteiger partial charge in [-0.25, -0.2) is 8.78 Å². The van der Waals surface area contributed by atoms with Crippen molar-refractivity contribution in [2.45, 2.75) is 32.1 Å². The molecule has 0 bridgehead atoms. The number of nitrogens with one attached hydrogen (secondary N) is 1. The lowest BCUT2D eigenvalue weighted by molar-refractivity contribution is -0.0692. The minimum absolute atomic E-state index is 0.195. The minimum atomic E-state index is -0.850. The summed E-state index contributed by atoms with van der Waals surface area (Å²) in [6, 6.07) is 3.61. The molecule has 1 saturated heterocycles. The highest BCUT2D eigenvalue weighted by atomic mass is 19.2. The van der Waals surface area contributed by atoms with Crippen LogP contribution in [-0.2, 0) is 9.57 Å². The number of halogens is 2. The Balaban J connectivity index is 1.65. The predicted octanol–water partition coefficient (Wildman–Crippen LogP) is 2.53. The molecule has 1 N–H and O–H groups in total. The fraction of sp³-hybridized carbons (Fsp3) is 0.500. The third kappa shape index (κ3) is 3.45. The zero-order chi connectivity index (χ0) is 15.7. The van der Waals surface area contributed by atoms with Crippen LogP contribution in [0.5, 0.6) is 0 Å². The van der Waals surface area contributed by atoms with Crippen LogP contribution < -0.4 is 5.48 Å². The Labute approximate surface area is 128 Å². The Hall–Kier alpha value is -1.50. The monoisotopic (exact) mass is 310 g/mol. The molecule has 0 spiro atoms. The van der Waals surface area contributed by atoms with E-state index in [1.165, 1.54) is 6.07 Å². The van der Waals surface area contributed by atoms with Crippen molar-refractivity contribution in [2.75, 3.05) is 19.6 Å². The van der Waals surface area contributed by atoms with Crippen LogP contribution in [0.4, 0.5) is 8.78 Å². The maximum absolute atomic E-state index is 13.3. The molecule has 3 atom stereocenters. The number of morpholine rings is 1. The predicted molar refractivity (Wildman–Crippen MR) is 77.9 cm³/mol. The smallest absolute Gasteiger partial charge is 0.159 e. The molecule has 1 aromatic rings. The summed E-state index contributed by atoms with van der Waals surface area (Å²) in [5.41, 5.74) is 3.48. The largest absolute Gasteiger partial charge is 0.411 e. The van der Waals surface area contributed by atoms with Crippen molar-refractivity contribution < 1.29 is 18.4 Å². The van der Waals surface area contributed by atoms with Crippen molar-refractivity contribution in [3.05, 3.63) is 47.2 Å². The van der Waals surface area contributed by atoms with Gasteiger partial charge < -0.3 is 9.57 Å². The fourth-order valence-corrected chi connectivity index (χ4v) is 2.98. The fourth-order valence-electron chi connectivity index (χ4n) is 2.98. The van der Waals surface area contributed by atoms with Crippen molar-refractivity contribution in [3.63, 3.8) is 0 Å². The first kappa shape index (κ1) is 15.4. The van der Waals surface area contributed by atoms with Crippen LogP contribution in [-0.4, -0.2) is 36.7 Å². The van der Waals surface area contributed by atoms with Gasteiger partial charge in [-0.3, -0.25) is 4.90 Å². The van der Waals surface area contributed by atoms with Gasteiger partial charge >= 0.3 is 0 Å². The average molecular weight is 310 g/mol. The molecule has 3 unspecified atom stereocenters. The van der Waals surface area contributed by atoms with Crippen LogP contribution in [0.1, 0.15) is 25.5 Å². The van der Waals surface area contributed by atoms with E-state index in [0.29, 0.717) is 12.1 Å². The van der Waals surface area contributed by atoms with E-state index in [-0.39, 0.29) is 18.2 Å². The Morgan fingerprint density at radius 3 is 2.59 bits per heavy atom. The molecular formula is C16H20F2N2O2. The summed E-state index contributed by atoms with van der Waals surface area (Å²) in [5.74, 6) is -0.906. The van der Waals surface area contributed by atoms with Crippen molar-refractivity contribution in [3.8, 4) is 0 Å². The van der Waals surface area contributed by atoms with E-state index in [4.69, 9.17) is 9.57 Å². The maximum Gasteiger partial charge on any atom is 0.159 e. The maximum atomic E-state index is 13.3. The second-order valence-corrected chi connectivity index (χ2v) is 5.96. The lowest BCUT2D eigenvalue weighted by Crippen LogP contribution is -2.46. The summed E-state index contributed by atoms with van der Waals surface area (Å²) >= 11 is 0. The van der Waals surface area contributed by atoms with Crippen molar-refractivity contribution in [1.82, 2.24) is 10.4 Å². The van der Waals surface area contributed by atoms with Gasteiger partial charge in [-0.15, -0.1) is 5.48 Å². The normalized spacial score (nSPS) is 29.3. The molecule has 4 nitrogen and oxygen atoms in total. The average Bonchev–Trinajstić information content (AvgIpc) is 2.89. The summed E-state index contributed by atoms with van der Waals surface area (Å²) < 4.78 is 32.0. The summed E-state index contributed by atoms with van der Waals surface area (Å²) in [6.07, 6.45) is 2.29. The Kier molecular flexibility index (Phi) is 4.42. The third-order valence-corrected chi connectivity index (χ3v) is 3.85. The van der Waals surface area contributed by atoms with Crippen LogP contribution >= 0.6 is 0 Å². The van der Waals surface area contributed by atoms with E-state index in [9.17, 15) is 8.78 Å². The Bertz CT molecular complexity index is 569. The molecule has 6 heteroatoms. The van der Waals surface area contributed by atoms with Crippen molar-refractivity contribution >= 4 is 0 Å². The number of hydrogen-bond donors (Lipinski definition) is 1. The van der Waals surface area contributed by atoms with Gasteiger partial charge in [-0.05, 0) is 37.6 Å². The first-order valence-corrected chi connectivity index (χ1v) is 7.47. The van der Waals surface area contributed by atoms with Gasteiger partial charge in [0.05, 0.1) is 24.8 Å². The van der Waals surface area contributed by atoms with Gasteiger partial charge in [0, 0.05) is 13.1 Å². The molecular weight excluding hydrogens is 290 g/mol. The molecule has 3 rings (SSSR count). The number of nitrogens with zero attached hydrogens (tertiary/aromatic N) is 1. The molecule has 1 fully saturated rings. The van der Waals surface area contributed by atoms with Crippen LogP contribution in [0, 0.1) is 11.6 Å². The summed E-state index contributed by atoms with van der Waals surface area (Å²) in [5, 5.41) is 0. The number of hydroxylamine groups is 1. The molecule has 0 aliphatic carbocycles. The molecule has 0 saturated carbocycles. The van der Waals surface area contributed by atoms with Gasteiger partial charge in [0.25, 0.3) is 0 Å². The SMILES string of the molecule is CC1CN(CC2=CC(c3ccc(F)c(F)c3)NO2)CC(C)O1. The number of rotatable bonds is 3. The molecule has 22 heavy (non-hydrogen) atoms. The van der Waals surface area contributed by atoms with Gasteiger partial charge in [-0.2, -0.15) is 0 Å². The third-order valence-electron chi connectivity index (χ3n) is 3.85. The van der Waals surface area contributed by atoms with E-state index in [1.54, 1.807) is 6.07 Å². The Morgan fingerprint density at radius 2 is 1.91 bits per heavy atom. The standard InChI is InChI=1S/C16H20F2N2O2/c1-10-7-20(8-11(2)21-10)9-13-6-16(19-22-13)12-3-4-14(17)15(18)5-12/h3-6,10-11,16,19H,7-9H2,1-2H3. The number of benzene rings is 1. The highest BCUT2D eigenvalue weighted by Gasteiger charge is 2.26. The van der Waals surface area contributed by atoms with Crippen LogP contribution in [0.3, 0.4) is 0 Å². The van der Waals surface area contributed by atoms with E-state index >= 15 is 0 Å². The number of ether oxygens (including phenoxy) is 1. The zero-order valence-electron chi connectivity index (χ0n) is 12.7. The second-order valence-electron chi connectivity index (χ2n) is 5.96. The van der Waals surface area contributed by atoms with Crippen LogP contribution in [0.15, 0.2) is 30.0 Å². The highest BCUT2D eigenvalue weighted by Crippen LogP contribution is 2.24. The lowest BCUT2D eigenvalue weighted by Gasteiger charge is -2.35. The van der Waals surface area contributed by atoms with Gasteiger partial charge in [0.2, 0.25) is 0 Å². The van der Waals surface area contributed by atoms with Gasteiger partial charge in [0.15, 0.2) is 11.6 Å². The quantitative estimate of drug-likeness (QED) is 0.930. The van der Waals surface area contributed by atoms with Crippen LogP contribution in [0.2, 0.25) is 0 Å². The molecule has 2 heterocycles. The highest BCUT2D eigenvalue weighted by molar-refractivity contribution is 5.26. The summed E-state index contributed by atoms with van der Waals surface area (Å²) in [4.78, 5) is 7.74. The van der Waals surface area contributed by atoms with Crippen molar-refractivity contribution in [2.24, 2.45) is 0 Å². The molecule has 2 aliphatic rings. The van der Waals surface area contributed by atoms with E-state index in [1.807, 2.05) is 6.08 Å². The van der Waals surface area contributed by atoms with E-state index in [2.05, 4.69) is 24.2 Å². The topological polar surface area (TPSA) is 33.7 Å². The van der Waals surface area contributed by atoms with Gasteiger partial charge in [-0.1, -0.05) is 6.07 Å². The molecule has 0 aromatic heterocycles. The first-order valence-electron chi connectivity index (χ1n) is 7.47. The molecule has 0 amide bonds. The molecule has 2 aliphatic heterocycles. The van der Waals surface area contributed by atoms with Crippen molar-refractivity contribution in [1.29, 1.82) is 0 Å². The first-order chi connectivity index (χ1) is 10.5. The van der Waals surface area contributed by atoms with E-state index < -0.39 is 11.6 Å². The summed E-state index contributed by atoms with van der Waals surface area (Å²) in [7, 11) is 0. The zero-order valence-corrected chi connectivity index (χ0v) is 12.7. The van der Waals surface area contributed by atoms with Gasteiger partial charge in [0.1, 0.15) is 5.76 Å². The van der Waals surface area contributed by atoms with E-state index in [0.717, 1.165) is 24.9 Å².